The van der Waals surface area contributed by atoms with E-state index < -0.39 is 5.97 Å². The molecule has 0 fully saturated rings. The number of rotatable bonds is 4. The molecule has 0 spiro atoms. The lowest BCUT2D eigenvalue weighted by Crippen LogP contribution is -2.03. The molecule has 3 aromatic rings. The number of pyridine rings is 2. The van der Waals surface area contributed by atoms with Crippen molar-refractivity contribution in [2.75, 3.05) is 0 Å². The molecular weight excluding hydrogens is 280 g/mol. The van der Waals surface area contributed by atoms with E-state index in [9.17, 15) is 4.79 Å². The van der Waals surface area contributed by atoms with Crippen LogP contribution in [0, 0.1) is 6.92 Å². The highest BCUT2D eigenvalue weighted by Crippen LogP contribution is 2.21. The number of carbonyl (C=O) groups is 1. The van der Waals surface area contributed by atoms with E-state index in [4.69, 9.17) is 9.84 Å². The summed E-state index contributed by atoms with van der Waals surface area (Å²) < 4.78 is 5.67. The van der Waals surface area contributed by atoms with Gasteiger partial charge in [0, 0.05) is 12.3 Å². The van der Waals surface area contributed by atoms with Gasteiger partial charge in [0.2, 0.25) is 5.88 Å². The standard InChI is InChI=1S/C17H14N2O3/c1-11-13(17(20)21)9-18-14-7-8-15(19-16(11)14)22-10-12-5-3-2-4-6-12/h2-9H,10H2,1H3,(H,20,21). The third-order valence-electron chi connectivity index (χ3n) is 3.40. The lowest BCUT2D eigenvalue weighted by molar-refractivity contribution is 0.0696. The van der Waals surface area contributed by atoms with Crippen LogP contribution in [0.4, 0.5) is 0 Å². The molecule has 0 unspecified atom stereocenters. The summed E-state index contributed by atoms with van der Waals surface area (Å²) in [5, 5.41) is 9.15. The van der Waals surface area contributed by atoms with Crippen LogP contribution >= 0.6 is 0 Å². The maximum absolute atomic E-state index is 11.2. The maximum Gasteiger partial charge on any atom is 0.337 e. The number of hydrogen-bond acceptors (Lipinski definition) is 4. The molecule has 0 bridgehead atoms. The van der Waals surface area contributed by atoms with Crippen LogP contribution in [0.3, 0.4) is 0 Å². The third kappa shape index (κ3) is 2.74. The molecule has 0 aliphatic carbocycles. The topological polar surface area (TPSA) is 72.3 Å². The molecule has 0 aliphatic rings. The highest BCUT2D eigenvalue weighted by molar-refractivity contribution is 5.94. The fourth-order valence-corrected chi connectivity index (χ4v) is 2.20. The molecule has 0 atom stereocenters. The van der Waals surface area contributed by atoms with Crippen molar-refractivity contribution in [1.29, 1.82) is 0 Å². The van der Waals surface area contributed by atoms with Gasteiger partial charge in [0.05, 0.1) is 16.6 Å². The smallest absolute Gasteiger partial charge is 0.337 e. The average molecular weight is 294 g/mol. The van der Waals surface area contributed by atoms with Crippen molar-refractivity contribution < 1.29 is 14.6 Å². The van der Waals surface area contributed by atoms with Gasteiger partial charge in [-0.15, -0.1) is 0 Å². The van der Waals surface area contributed by atoms with Crippen LogP contribution in [0.5, 0.6) is 5.88 Å². The van der Waals surface area contributed by atoms with Gasteiger partial charge in [-0.2, -0.15) is 0 Å². The third-order valence-corrected chi connectivity index (χ3v) is 3.40. The fraction of sp³-hybridized carbons (Fsp3) is 0.118. The van der Waals surface area contributed by atoms with Crippen LogP contribution in [-0.4, -0.2) is 21.0 Å². The van der Waals surface area contributed by atoms with E-state index in [0.29, 0.717) is 29.1 Å². The van der Waals surface area contributed by atoms with Crippen molar-refractivity contribution in [3.63, 3.8) is 0 Å². The number of aromatic nitrogens is 2. The van der Waals surface area contributed by atoms with Crippen molar-refractivity contribution in [3.05, 3.63) is 65.4 Å². The predicted octanol–water partition coefficient (Wildman–Crippen LogP) is 3.22. The molecule has 0 saturated carbocycles. The molecule has 2 aromatic heterocycles. The number of benzene rings is 1. The SMILES string of the molecule is Cc1c(C(=O)O)cnc2ccc(OCc3ccccc3)nc12. The highest BCUT2D eigenvalue weighted by atomic mass is 16.5. The predicted molar refractivity (Wildman–Crippen MR) is 82.0 cm³/mol. The Morgan fingerprint density at radius 3 is 2.68 bits per heavy atom. The van der Waals surface area contributed by atoms with Crippen LogP contribution in [0.25, 0.3) is 11.0 Å². The molecular formula is C17H14N2O3. The van der Waals surface area contributed by atoms with E-state index in [2.05, 4.69) is 9.97 Å². The van der Waals surface area contributed by atoms with E-state index in [-0.39, 0.29) is 5.56 Å². The van der Waals surface area contributed by atoms with E-state index in [0.717, 1.165) is 5.56 Å². The lowest BCUT2D eigenvalue weighted by atomic mass is 10.1. The minimum Gasteiger partial charge on any atom is -0.478 e. The van der Waals surface area contributed by atoms with Gasteiger partial charge >= 0.3 is 5.97 Å². The normalized spacial score (nSPS) is 10.6. The molecule has 0 amide bonds. The Balaban J connectivity index is 1.91. The van der Waals surface area contributed by atoms with E-state index >= 15 is 0 Å². The maximum atomic E-state index is 11.2. The number of aromatic carboxylic acids is 1. The summed E-state index contributed by atoms with van der Waals surface area (Å²) in [5.41, 5.74) is 2.97. The van der Waals surface area contributed by atoms with Gasteiger partial charge in [0.25, 0.3) is 0 Å². The molecule has 22 heavy (non-hydrogen) atoms. The minimum absolute atomic E-state index is 0.153. The molecule has 0 radical (unpaired) electrons. The Morgan fingerprint density at radius 2 is 1.95 bits per heavy atom. The first kappa shape index (κ1) is 14.0. The van der Waals surface area contributed by atoms with Crippen LogP contribution in [0.2, 0.25) is 0 Å². The average Bonchev–Trinajstić information content (AvgIpc) is 2.54. The van der Waals surface area contributed by atoms with Gasteiger partial charge in [-0.05, 0) is 24.1 Å². The Morgan fingerprint density at radius 1 is 1.18 bits per heavy atom. The first-order chi connectivity index (χ1) is 10.6. The number of fused-ring (bicyclic) bond motifs is 1. The Kier molecular flexibility index (Phi) is 3.70. The summed E-state index contributed by atoms with van der Waals surface area (Å²) in [4.78, 5) is 19.7. The zero-order chi connectivity index (χ0) is 15.5. The summed E-state index contributed by atoms with van der Waals surface area (Å²) in [6, 6.07) is 13.3. The van der Waals surface area contributed by atoms with Gasteiger partial charge < -0.3 is 9.84 Å². The van der Waals surface area contributed by atoms with Crippen molar-refractivity contribution in [2.45, 2.75) is 13.5 Å². The van der Waals surface area contributed by atoms with Gasteiger partial charge in [-0.1, -0.05) is 30.3 Å². The first-order valence-corrected chi connectivity index (χ1v) is 6.81. The van der Waals surface area contributed by atoms with Crippen molar-refractivity contribution in [1.82, 2.24) is 9.97 Å². The van der Waals surface area contributed by atoms with Gasteiger partial charge in [0.15, 0.2) is 0 Å². The van der Waals surface area contributed by atoms with E-state index in [1.54, 1.807) is 19.1 Å². The van der Waals surface area contributed by atoms with Gasteiger partial charge in [0.1, 0.15) is 6.61 Å². The molecule has 3 rings (SSSR count). The Labute approximate surface area is 127 Å². The second-order valence-electron chi connectivity index (χ2n) is 4.89. The lowest BCUT2D eigenvalue weighted by Gasteiger charge is -2.08. The molecule has 5 nitrogen and oxygen atoms in total. The number of ether oxygens (including phenoxy) is 1. The number of nitrogens with zero attached hydrogens (tertiary/aromatic N) is 2. The second kappa shape index (κ2) is 5.81. The van der Waals surface area contributed by atoms with Gasteiger partial charge in [-0.3, -0.25) is 4.98 Å². The van der Waals surface area contributed by atoms with Crippen molar-refractivity contribution in [3.8, 4) is 5.88 Å². The fourth-order valence-electron chi connectivity index (χ4n) is 2.20. The summed E-state index contributed by atoms with van der Waals surface area (Å²) in [5.74, 6) is -0.562. The zero-order valence-corrected chi connectivity index (χ0v) is 12.0. The van der Waals surface area contributed by atoms with E-state index in [1.807, 2.05) is 30.3 Å². The van der Waals surface area contributed by atoms with Gasteiger partial charge in [-0.25, -0.2) is 9.78 Å². The molecule has 0 aliphatic heterocycles. The molecule has 110 valence electrons. The quantitative estimate of drug-likeness (QED) is 0.800. The van der Waals surface area contributed by atoms with Crippen molar-refractivity contribution in [2.24, 2.45) is 0 Å². The van der Waals surface area contributed by atoms with Crippen LogP contribution < -0.4 is 4.74 Å². The van der Waals surface area contributed by atoms with Crippen LogP contribution in [-0.2, 0) is 6.61 Å². The van der Waals surface area contributed by atoms with E-state index in [1.165, 1.54) is 6.20 Å². The Hall–Kier alpha value is -2.95. The molecule has 0 saturated heterocycles. The second-order valence-corrected chi connectivity index (χ2v) is 4.89. The van der Waals surface area contributed by atoms with Crippen molar-refractivity contribution >= 4 is 17.0 Å². The monoisotopic (exact) mass is 294 g/mol. The summed E-state index contributed by atoms with van der Waals surface area (Å²) in [6.45, 7) is 2.13. The number of hydrogen-bond donors (Lipinski definition) is 1. The summed E-state index contributed by atoms with van der Waals surface area (Å²) in [7, 11) is 0. The molecule has 1 aromatic carbocycles. The summed E-state index contributed by atoms with van der Waals surface area (Å²) >= 11 is 0. The molecule has 2 heterocycles. The number of aryl methyl sites for hydroxylation is 1. The van der Waals surface area contributed by atoms with Crippen LogP contribution in [0.15, 0.2) is 48.7 Å². The highest BCUT2D eigenvalue weighted by Gasteiger charge is 2.12. The van der Waals surface area contributed by atoms with Crippen LogP contribution in [0.1, 0.15) is 21.5 Å². The number of carboxylic acids is 1. The summed E-state index contributed by atoms with van der Waals surface area (Å²) in [6.07, 6.45) is 1.35. The minimum atomic E-state index is -1.01. The largest absolute Gasteiger partial charge is 0.478 e. The first-order valence-electron chi connectivity index (χ1n) is 6.81. The zero-order valence-electron chi connectivity index (χ0n) is 12.0. The molecule has 5 heteroatoms. The Bertz CT molecular complexity index is 832. The number of carboxylic acid groups (broad SMARTS) is 1. The molecule has 1 N–H and O–H groups in total.